The first-order chi connectivity index (χ1) is 22.6. The second kappa shape index (κ2) is 15.2. The molecule has 0 bridgehead atoms. The van der Waals surface area contributed by atoms with Crippen LogP contribution in [0.2, 0.25) is 0 Å². The predicted octanol–water partition coefficient (Wildman–Crippen LogP) is -0.370. The van der Waals surface area contributed by atoms with Gasteiger partial charge < -0.3 is 36.4 Å². The number of carbonyl (C=O) groups excluding carboxylic acids is 2. The molecule has 2 aromatic heterocycles. The Labute approximate surface area is 279 Å². The molecule has 0 aliphatic carbocycles. The zero-order valence-corrected chi connectivity index (χ0v) is 27.7. The van der Waals surface area contributed by atoms with Gasteiger partial charge in [-0.3, -0.25) is 9.59 Å². The Bertz CT molecular complexity index is 1770. The quantitative estimate of drug-likeness (QED) is 0.0328. The maximum absolute atomic E-state index is 13.3. The van der Waals surface area contributed by atoms with E-state index in [9.17, 15) is 32.5 Å². The van der Waals surface area contributed by atoms with Crippen LogP contribution in [0.3, 0.4) is 0 Å². The van der Waals surface area contributed by atoms with E-state index >= 15 is 0 Å². The number of hydrogen-bond acceptors (Lipinski definition) is 15. The molecule has 0 saturated carbocycles. The van der Waals surface area contributed by atoms with Crippen LogP contribution in [0.1, 0.15) is 32.4 Å². The summed E-state index contributed by atoms with van der Waals surface area (Å²) >= 11 is 0.978. The molecule has 1 fully saturated rings. The fourth-order valence-electron chi connectivity index (χ4n) is 4.89. The molecule has 3 aromatic rings. The number of aryl methyl sites for hydroxylation is 1. The zero-order chi connectivity index (χ0) is 35.2. The molecule has 1 saturated heterocycles. The monoisotopic (exact) mass is 708 g/mol. The van der Waals surface area contributed by atoms with Gasteiger partial charge in [-0.25, -0.2) is 18.2 Å². The first-order valence-electron chi connectivity index (χ1n) is 14.6. The number of nitrogens with zero attached hydrogens (tertiary/aromatic N) is 5. The number of Topliss-reactive ketones (excluding diaryl/α,β-unsaturated/α-hetero) is 1. The van der Waals surface area contributed by atoms with Crippen LogP contribution in [0.5, 0.6) is 5.75 Å². The second-order valence-electron chi connectivity index (χ2n) is 11.2. The number of aromatic nitrogens is 3. The summed E-state index contributed by atoms with van der Waals surface area (Å²) in [5.74, 6) is -3.92. The van der Waals surface area contributed by atoms with Crippen LogP contribution in [0.4, 0.5) is 5.13 Å². The van der Waals surface area contributed by atoms with Crippen LogP contribution in [0.25, 0.3) is 11.1 Å². The summed E-state index contributed by atoms with van der Waals surface area (Å²) in [7, 11) is -5.24. The van der Waals surface area contributed by atoms with Gasteiger partial charge in [0.25, 0.3) is 12.0 Å². The molecule has 1 aromatic carbocycles. The van der Waals surface area contributed by atoms with E-state index < -0.39 is 64.4 Å². The van der Waals surface area contributed by atoms with Crippen molar-refractivity contribution in [3.63, 3.8) is 0 Å². The smallest absolute Gasteiger partial charge is 0.351 e. The highest BCUT2D eigenvalue weighted by Gasteiger charge is 2.57. The highest BCUT2D eigenvalue weighted by Crippen LogP contribution is 2.40. The Balaban J connectivity index is 1.45. The summed E-state index contributed by atoms with van der Waals surface area (Å²) < 4.78 is 47.0. The van der Waals surface area contributed by atoms with Gasteiger partial charge in [-0.2, -0.15) is 14.0 Å². The number of carboxylic acid groups (broad SMARTS) is 1. The van der Waals surface area contributed by atoms with Crippen molar-refractivity contribution < 1.29 is 51.0 Å². The Morgan fingerprint density at radius 3 is 2.48 bits per heavy atom. The molecule has 7 N–H and O–H groups in total. The minimum absolute atomic E-state index is 0.0346. The molecule has 4 rings (SSSR count). The average Bonchev–Trinajstić information content (AvgIpc) is 3.64. The van der Waals surface area contributed by atoms with Crippen molar-refractivity contribution in [1.29, 1.82) is 0 Å². The minimum Gasteiger partial charge on any atom is -0.724 e. The van der Waals surface area contributed by atoms with Crippen LogP contribution in [-0.4, -0.2) is 87.5 Å². The summed E-state index contributed by atoms with van der Waals surface area (Å²) in [6.45, 7) is 4.70. The molecule has 18 nitrogen and oxygen atoms in total. The van der Waals surface area contributed by atoms with Gasteiger partial charge in [0.2, 0.25) is 16.6 Å². The third-order valence-electron chi connectivity index (χ3n) is 7.45. The normalized spacial score (nSPS) is 16.8. The summed E-state index contributed by atoms with van der Waals surface area (Å²) in [5.41, 5.74) is 17.1. The number of nitrogens with two attached hydrogens (primary N) is 3. The second-order valence-corrected chi connectivity index (χ2v) is 13.1. The molecule has 0 unspecified atom stereocenters. The van der Waals surface area contributed by atoms with Crippen LogP contribution in [-0.2, 0) is 47.0 Å². The number of rotatable bonds is 18. The summed E-state index contributed by atoms with van der Waals surface area (Å²) in [4.78, 5) is 47.1. The van der Waals surface area contributed by atoms with Gasteiger partial charge in [-0.05, 0) is 38.1 Å². The summed E-state index contributed by atoms with van der Waals surface area (Å²) in [6, 6.07) is 6.95. The third kappa shape index (κ3) is 8.70. The predicted molar refractivity (Wildman–Crippen MR) is 169 cm³/mol. The van der Waals surface area contributed by atoms with E-state index in [4.69, 9.17) is 26.8 Å². The molecule has 1 aliphatic heterocycles. The number of aliphatic carboxylic acids is 1. The number of ether oxygens (including phenoxy) is 1. The van der Waals surface area contributed by atoms with Crippen molar-refractivity contribution in [2.45, 2.75) is 51.4 Å². The molecule has 1 amide bonds. The number of ketones is 1. The van der Waals surface area contributed by atoms with Crippen molar-refractivity contribution in [3.05, 3.63) is 47.7 Å². The van der Waals surface area contributed by atoms with E-state index in [1.165, 1.54) is 19.2 Å². The molecular weight excluding hydrogens is 672 g/mol. The molecule has 0 radical (unpaired) electrons. The number of thiazole rings is 1. The Morgan fingerprint density at radius 1 is 1.21 bits per heavy atom. The van der Waals surface area contributed by atoms with E-state index in [2.05, 4.69) is 14.4 Å². The van der Waals surface area contributed by atoms with Gasteiger partial charge in [0, 0.05) is 24.8 Å². The van der Waals surface area contributed by atoms with Gasteiger partial charge >= 0.3 is 5.97 Å². The Hall–Kier alpha value is -4.47. The first kappa shape index (κ1) is 36.4. The SMILES string of the molecule is CC1(C)[C@H](CC(=O)/C(=N\O[C@@H](COc2ccc(-c3cn(CCN)[n+](CCCN)c3)cc2)C(=O)O)c2csc(N)n2)C(=O)N1OS(=O)(=O)[O-]. The lowest BCUT2D eigenvalue weighted by Gasteiger charge is -2.51. The number of carboxylic acids is 1. The van der Waals surface area contributed by atoms with Gasteiger partial charge in [0.15, 0.2) is 23.2 Å². The first-order valence-corrected chi connectivity index (χ1v) is 16.8. The van der Waals surface area contributed by atoms with E-state index in [1.807, 2.05) is 33.9 Å². The summed E-state index contributed by atoms with van der Waals surface area (Å²) in [5, 5.41) is 15.4. The van der Waals surface area contributed by atoms with Gasteiger partial charge in [0.1, 0.15) is 18.1 Å². The van der Waals surface area contributed by atoms with Crippen molar-refractivity contribution >= 4 is 50.2 Å². The van der Waals surface area contributed by atoms with Gasteiger partial charge in [-0.1, -0.05) is 17.3 Å². The van der Waals surface area contributed by atoms with Crippen molar-refractivity contribution in [2.75, 3.05) is 25.4 Å². The van der Waals surface area contributed by atoms with Crippen molar-refractivity contribution in [3.8, 4) is 16.9 Å². The maximum Gasteiger partial charge on any atom is 0.351 e. The lowest BCUT2D eigenvalue weighted by atomic mass is 9.74. The van der Waals surface area contributed by atoms with Crippen LogP contribution < -0.4 is 26.6 Å². The molecule has 1 aliphatic rings. The molecule has 0 spiro atoms. The number of carbonyl (C=O) groups is 3. The number of hydrogen-bond donors (Lipinski definition) is 4. The minimum atomic E-state index is -5.24. The number of oxime groups is 1. The van der Waals surface area contributed by atoms with Crippen LogP contribution in [0.15, 0.2) is 47.2 Å². The zero-order valence-electron chi connectivity index (χ0n) is 26.1. The molecule has 260 valence electrons. The maximum atomic E-state index is 13.3. The molecular formula is C28H36N8O10S2. The van der Waals surface area contributed by atoms with Crippen LogP contribution in [0, 0.1) is 5.92 Å². The lowest BCUT2D eigenvalue weighted by Crippen LogP contribution is -2.68. The standard InChI is InChI=1S/C28H36N8O10S2/c1-28(2)20(25(38)36(28)46-48(41,42)43)12-22(37)24(21-16-47-27(31)32-21)33-45-23(26(39)40)15-44-19-6-4-17(5-7-19)18-13-34(10-3-8-29)35(14-18)11-9-30/h4-7,13-14,16,20,23H,3,8-12,15,29-30H2,1-2H3,(H3-,31,32,39,40,41,42,43)/b33-24-/t20-,23+/m1/s1. The highest BCUT2D eigenvalue weighted by atomic mass is 32.3. The molecule has 2 atom stereocenters. The van der Waals surface area contributed by atoms with E-state index in [-0.39, 0.29) is 10.8 Å². The number of amides is 1. The lowest BCUT2D eigenvalue weighted by molar-refractivity contribution is -0.775. The van der Waals surface area contributed by atoms with Gasteiger partial charge in [0.05, 0.1) is 29.8 Å². The number of benzene rings is 1. The van der Waals surface area contributed by atoms with E-state index in [0.29, 0.717) is 30.4 Å². The summed E-state index contributed by atoms with van der Waals surface area (Å²) in [6.07, 6.45) is 2.59. The number of anilines is 1. The van der Waals surface area contributed by atoms with E-state index in [0.717, 1.165) is 35.4 Å². The fourth-order valence-corrected chi connectivity index (χ4v) is 5.88. The molecule has 48 heavy (non-hydrogen) atoms. The number of hydroxylamine groups is 2. The van der Waals surface area contributed by atoms with Gasteiger partial charge in [-0.15, -0.1) is 16.0 Å². The third-order valence-corrected chi connectivity index (χ3v) is 8.46. The van der Waals surface area contributed by atoms with Crippen molar-refractivity contribution in [1.82, 2.24) is 14.7 Å². The number of β-lactam (4-membered cyclic amide) rings is 1. The average molecular weight is 709 g/mol. The molecule has 20 heteroatoms. The molecule has 3 heterocycles. The fraction of sp³-hybridized carbons (Fsp3) is 0.429. The topological polar surface area (TPSA) is 272 Å². The largest absolute Gasteiger partial charge is 0.724 e. The highest BCUT2D eigenvalue weighted by molar-refractivity contribution is 7.80. The van der Waals surface area contributed by atoms with Crippen molar-refractivity contribution in [2.24, 2.45) is 22.5 Å². The van der Waals surface area contributed by atoms with Crippen LogP contribution >= 0.6 is 11.3 Å². The Morgan fingerprint density at radius 2 is 1.92 bits per heavy atom. The Kier molecular flexibility index (Phi) is 11.5. The number of nitrogen functional groups attached to an aromatic ring is 1. The van der Waals surface area contributed by atoms with E-state index in [1.54, 1.807) is 12.1 Å².